The van der Waals surface area contributed by atoms with Gasteiger partial charge in [-0.1, -0.05) is 60.3 Å². The Labute approximate surface area is 195 Å². The number of thiophene rings is 1. The average Bonchev–Trinajstić information content (AvgIpc) is 3.21. The maximum atomic E-state index is 13.7. The van der Waals surface area contributed by atoms with E-state index in [1.807, 2.05) is 47.0 Å². The number of aromatic nitrogens is 2. The zero-order valence-electron chi connectivity index (χ0n) is 17.7. The third-order valence-electron chi connectivity index (χ3n) is 6.00. The van der Waals surface area contributed by atoms with Gasteiger partial charge in [0, 0.05) is 17.2 Å². The van der Waals surface area contributed by atoms with E-state index in [0.29, 0.717) is 17.9 Å². The molecule has 0 atom stereocenters. The highest BCUT2D eigenvalue weighted by Crippen LogP contribution is 2.35. The van der Waals surface area contributed by atoms with Crippen LogP contribution in [0, 0.1) is 11.3 Å². The van der Waals surface area contributed by atoms with Crippen molar-refractivity contribution < 1.29 is 0 Å². The quantitative estimate of drug-likeness (QED) is 0.273. The van der Waals surface area contributed by atoms with Gasteiger partial charge >= 0.3 is 0 Å². The van der Waals surface area contributed by atoms with E-state index < -0.39 is 0 Å². The molecule has 1 aliphatic rings. The first-order valence-electron chi connectivity index (χ1n) is 10.9. The zero-order chi connectivity index (χ0) is 21.9. The van der Waals surface area contributed by atoms with Crippen LogP contribution in [-0.2, 0) is 31.6 Å². The molecular weight excluding hydrogens is 434 g/mol. The van der Waals surface area contributed by atoms with Crippen LogP contribution in [0.1, 0.15) is 40.0 Å². The summed E-state index contributed by atoms with van der Waals surface area (Å²) in [7, 11) is 0. The summed E-state index contributed by atoms with van der Waals surface area (Å²) in [5.41, 5.74) is 4.16. The second-order valence-electron chi connectivity index (χ2n) is 8.04. The molecule has 0 aliphatic heterocycles. The Hall–Kier alpha value is -2.88. The van der Waals surface area contributed by atoms with Crippen molar-refractivity contribution in [1.82, 2.24) is 9.55 Å². The van der Waals surface area contributed by atoms with Crippen LogP contribution >= 0.6 is 23.1 Å². The van der Waals surface area contributed by atoms with Crippen LogP contribution in [0.4, 0.5) is 0 Å². The van der Waals surface area contributed by atoms with Crippen LogP contribution in [-0.4, -0.2) is 9.55 Å². The lowest BCUT2D eigenvalue weighted by molar-refractivity contribution is 0.595. The minimum atomic E-state index is 0.0846. The third kappa shape index (κ3) is 4.11. The Morgan fingerprint density at radius 2 is 1.84 bits per heavy atom. The molecule has 0 saturated heterocycles. The fraction of sp³-hybridized carbons (Fsp3) is 0.269. The summed E-state index contributed by atoms with van der Waals surface area (Å²) in [4.78, 5) is 20.9. The van der Waals surface area contributed by atoms with Crippen molar-refractivity contribution in [2.24, 2.45) is 0 Å². The van der Waals surface area contributed by atoms with Gasteiger partial charge < -0.3 is 0 Å². The summed E-state index contributed by atoms with van der Waals surface area (Å²) in [5.74, 6) is 0.609. The highest BCUT2D eigenvalue weighted by molar-refractivity contribution is 7.98. The van der Waals surface area contributed by atoms with Gasteiger partial charge in [-0.25, -0.2) is 4.98 Å². The Bertz CT molecular complexity index is 1370. The van der Waals surface area contributed by atoms with Gasteiger partial charge in [0.05, 0.1) is 17.0 Å². The molecule has 5 rings (SSSR count). The van der Waals surface area contributed by atoms with Gasteiger partial charge in [-0.2, -0.15) is 5.26 Å². The standard InChI is InChI=1S/C26H23N3OS2/c27-16-19-10-4-5-11-20(19)17-31-26-28-24-23(21-12-6-7-13-22(21)32-24)25(30)29(26)15-14-18-8-2-1-3-9-18/h1-5,8-11H,6-7,12-15,17H2. The molecule has 6 heteroatoms. The molecule has 2 aromatic carbocycles. The number of nitriles is 1. The van der Waals surface area contributed by atoms with Crippen LogP contribution in [0.3, 0.4) is 0 Å². The molecule has 0 spiro atoms. The van der Waals surface area contributed by atoms with E-state index in [9.17, 15) is 10.1 Å². The molecule has 0 unspecified atom stereocenters. The number of hydrogen-bond acceptors (Lipinski definition) is 5. The molecular formula is C26H23N3OS2. The third-order valence-corrected chi connectivity index (χ3v) is 8.21. The predicted octanol–water partition coefficient (Wildman–Crippen LogP) is 5.74. The summed E-state index contributed by atoms with van der Waals surface area (Å²) in [6.07, 6.45) is 5.14. The Kier molecular flexibility index (Phi) is 6.11. The molecule has 4 nitrogen and oxygen atoms in total. The lowest BCUT2D eigenvalue weighted by Gasteiger charge is -2.14. The first kappa shape index (κ1) is 21.0. The summed E-state index contributed by atoms with van der Waals surface area (Å²) < 4.78 is 1.86. The van der Waals surface area contributed by atoms with E-state index in [2.05, 4.69) is 18.2 Å². The van der Waals surface area contributed by atoms with Crippen LogP contribution in [0.15, 0.2) is 64.5 Å². The summed E-state index contributed by atoms with van der Waals surface area (Å²) in [6.45, 7) is 0.596. The largest absolute Gasteiger partial charge is 0.287 e. The molecule has 0 amide bonds. The molecule has 1 aliphatic carbocycles. The number of nitrogens with zero attached hydrogens (tertiary/aromatic N) is 3. The molecule has 0 N–H and O–H groups in total. The van der Waals surface area contributed by atoms with E-state index in [1.165, 1.54) is 22.4 Å². The summed E-state index contributed by atoms with van der Waals surface area (Å²) >= 11 is 3.24. The lowest BCUT2D eigenvalue weighted by Crippen LogP contribution is -2.24. The number of rotatable bonds is 6. The summed E-state index contributed by atoms with van der Waals surface area (Å²) in [5, 5.41) is 11.0. The van der Waals surface area contributed by atoms with E-state index >= 15 is 0 Å². The van der Waals surface area contributed by atoms with Crippen molar-refractivity contribution in [3.8, 4) is 6.07 Å². The van der Waals surface area contributed by atoms with Gasteiger partial charge in [0.15, 0.2) is 5.16 Å². The van der Waals surface area contributed by atoms with Gasteiger partial charge in [-0.3, -0.25) is 9.36 Å². The van der Waals surface area contributed by atoms with Crippen molar-refractivity contribution in [2.45, 2.75) is 49.6 Å². The number of hydrogen-bond donors (Lipinski definition) is 0. The van der Waals surface area contributed by atoms with E-state index in [0.717, 1.165) is 46.6 Å². The first-order chi connectivity index (χ1) is 15.7. The smallest absolute Gasteiger partial charge is 0.263 e. The van der Waals surface area contributed by atoms with Gasteiger partial charge in [0.1, 0.15) is 4.83 Å². The van der Waals surface area contributed by atoms with E-state index in [1.54, 1.807) is 23.1 Å². The van der Waals surface area contributed by atoms with Crippen molar-refractivity contribution in [1.29, 1.82) is 5.26 Å². The zero-order valence-corrected chi connectivity index (χ0v) is 19.3. The van der Waals surface area contributed by atoms with E-state index in [4.69, 9.17) is 4.98 Å². The maximum Gasteiger partial charge on any atom is 0.263 e. The first-order valence-corrected chi connectivity index (χ1v) is 12.7. The second-order valence-corrected chi connectivity index (χ2v) is 10.1. The van der Waals surface area contributed by atoms with Crippen LogP contribution in [0.5, 0.6) is 0 Å². The summed E-state index contributed by atoms with van der Waals surface area (Å²) in [6, 6.07) is 20.2. The van der Waals surface area contributed by atoms with Crippen LogP contribution in [0.25, 0.3) is 10.2 Å². The Morgan fingerprint density at radius 3 is 2.69 bits per heavy atom. The minimum Gasteiger partial charge on any atom is -0.287 e. The topological polar surface area (TPSA) is 58.7 Å². The minimum absolute atomic E-state index is 0.0846. The van der Waals surface area contributed by atoms with Crippen LogP contribution < -0.4 is 5.56 Å². The van der Waals surface area contributed by atoms with E-state index in [-0.39, 0.29) is 5.56 Å². The van der Waals surface area contributed by atoms with Crippen molar-refractivity contribution in [3.63, 3.8) is 0 Å². The molecule has 0 radical (unpaired) electrons. The Balaban J connectivity index is 1.54. The van der Waals surface area contributed by atoms with Gasteiger partial charge in [0.25, 0.3) is 5.56 Å². The number of benzene rings is 2. The normalized spacial score (nSPS) is 13.1. The van der Waals surface area contributed by atoms with Gasteiger partial charge in [0.2, 0.25) is 0 Å². The highest BCUT2D eigenvalue weighted by Gasteiger charge is 2.22. The monoisotopic (exact) mass is 457 g/mol. The number of aryl methyl sites for hydroxylation is 3. The van der Waals surface area contributed by atoms with Crippen molar-refractivity contribution in [2.75, 3.05) is 0 Å². The van der Waals surface area contributed by atoms with Crippen molar-refractivity contribution in [3.05, 3.63) is 92.1 Å². The number of fused-ring (bicyclic) bond motifs is 3. The molecule has 0 saturated carbocycles. The molecule has 4 aromatic rings. The Morgan fingerprint density at radius 1 is 1.06 bits per heavy atom. The molecule has 2 heterocycles. The average molecular weight is 458 g/mol. The van der Waals surface area contributed by atoms with Crippen molar-refractivity contribution >= 4 is 33.3 Å². The molecule has 0 fully saturated rings. The molecule has 2 aromatic heterocycles. The van der Waals surface area contributed by atoms with Gasteiger partial charge in [-0.05, 0) is 54.9 Å². The van der Waals surface area contributed by atoms with Gasteiger partial charge in [-0.15, -0.1) is 11.3 Å². The van der Waals surface area contributed by atoms with Crippen LogP contribution in [0.2, 0.25) is 0 Å². The number of thioether (sulfide) groups is 1. The molecule has 32 heavy (non-hydrogen) atoms. The predicted molar refractivity (Wildman–Crippen MR) is 131 cm³/mol. The lowest BCUT2D eigenvalue weighted by atomic mass is 9.97. The SMILES string of the molecule is N#Cc1ccccc1CSc1nc2sc3c(c2c(=O)n1CCc1ccccc1)CCCC3. The highest BCUT2D eigenvalue weighted by atomic mass is 32.2. The second kappa shape index (κ2) is 9.32. The molecule has 160 valence electrons. The molecule has 0 bridgehead atoms. The fourth-order valence-electron chi connectivity index (χ4n) is 4.31. The maximum absolute atomic E-state index is 13.7. The fourth-order valence-corrected chi connectivity index (χ4v) is 6.64.